The van der Waals surface area contributed by atoms with E-state index in [1.165, 1.54) is 4.90 Å². The van der Waals surface area contributed by atoms with Crippen LogP contribution in [0.2, 0.25) is 0 Å². The second kappa shape index (κ2) is 5.87. The molecule has 1 amide bonds. The smallest absolute Gasteiger partial charge is 0.407 e. The van der Waals surface area contributed by atoms with Gasteiger partial charge in [-0.15, -0.1) is 0 Å². The Balaban J connectivity index is 1.93. The van der Waals surface area contributed by atoms with Crippen LogP contribution in [-0.4, -0.2) is 35.0 Å². The van der Waals surface area contributed by atoms with Crippen molar-refractivity contribution in [1.29, 1.82) is 0 Å². The van der Waals surface area contributed by atoms with Crippen LogP contribution in [0.3, 0.4) is 0 Å². The molecular formula is C15H19NO3. The lowest BCUT2D eigenvalue weighted by Gasteiger charge is -2.32. The first-order chi connectivity index (χ1) is 9.09. The molecule has 0 radical (unpaired) electrons. The van der Waals surface area contributed by atoms with Gasteiger partial charge in [-0.1, -0.05) is 30.3 Å². The van der Waals surface area contributed by atoms with E-state index in [0.717, 1.165) is 31.2 Å². The van der Waals surface area contributed by atoms with E-state index in [9.17, 15) is 9.59 Å². The maximum atomic E-state index is 12.3. The van der Waals surface area contributed by atoms with Crippen molar-refractivity contribution in [3.05, 3.63) is 35.9 Å². The van der Waals surface area contributed by atoms with Crippen LogP contribution >= 0.6 is 0 Å². The first-order valence-corrected chi connectivity index (χ1v) is 6.64. The SMILES string of the molecule is CN(C(=O)O)C1CCC(C(=O)c2ccccc2)CC1. The Hall–Kier alpha value is -1.84. The molecule has 0 spiro atoms. The summed E-state index contributed by atoms with van der Waals surface area (Å²) in [5.74, 6) is 0.234. The summed E-state index contributed by atoms with van der Waals surface area (Å²) in [6.45, 7) is 0. The number of rotatable bonds is 3. The van der Waals surface area contributed by atoms with E-state index < -0.39 is 6.09 Å². The standard InChI is InChI=1S/C15H19NO3/c1-16(15(18)19)13-9-7-12(8-10-13)14(17)11-5-3-2-4-6-11/h2-6,12-13H,7-10H2,1H3,(H,18,19). The molecule has 2 rings (SSSR count). The molecule has 1 aliphatic rings. The van der Waals surface area contributed by atoms with Gasteiger partial charge < -0.3 is 10.0 Å². The van der Waals surface area contributed by atoms with E-state index in [2.05, 4.69) is 0 Å². The van der Waals surface area contributed by atoms with Crippen molar-refractivity contribution in [3.8, 4) is 0 Å². The van der Waals surface area contributed by atoms with Crippen molar-refractivity contribution >= 4 is 11.9 Å². The number of carbonyl (C=O) groups is 2. The first kappa shape index (κ1) is 13.6. The van der Waals surface area contributed by atoms with Gasteiger partial charge in [0.2, 0.25) is 0 Å². The Morgan fingerprint density at radius 1 is 1.11 bits per heavy atom. The second-order valence-electron chi connectivity index (χ2n) is 5.13. The minimum atomic E-state index is -0.891. The number of hydrogen-bond donors (Lipinski definition) is 1. The highest BCUT2D eigenvalue weighted by Gasteiger charge is 2.30. The molecule has 1 saturated carbocycles. The van der Waals surface area contributed by atoms with Gasteiger partial charge in [0.15, 0.2) is 5.78 Å². The quantitative estimate of drug-likeness (QED) is 0.851. The van der Waals surface area contributed by atoms with E-state index in [-0.39, 0.29) is 17.7 Å². The van der Waals surface area contributed by atoms with Crippen molar-refractivity contribution in [2.45, 2.75) is 31.7 Å². The lowest BCUT2D eigenvalue weighted by Crippen LogP contribution is -2.39. The number of amides is 1. The summed E-state index contributed by atoms with van der Waals surface area (Å²) < 4.78 is 0. The molecule has 19 heavy (non-hydrogen) atoms. The second-order valence-corrected chi connectivity index (χ2v) is 5.13. The van der Waals surface area contributed by atoms with E-state index in [1.54, 1.807) is 7.05 Å². The van der Waals surface area contributed by atoms with Gasteiger partial charge in [0, 0.05) is 24.6 Å². The highest BCUT2D eigenvalue weighted by Crippen LogP contribution is 2.29. The molecule has 1 aromatic carbocycles. The van der Waals surface area contributed by atoms with E-state index in [0.29, 0.717) is 0 Å². The van der Waals surface area contributed by atoms with Gasteiger partial charge in [-0.2, -0.15) is 0 Å². The topological polar surface area (TPSA) is 57.6 Å². The van der Waals surface area contributed by atoms with Crippen LogP contribution in [0.4, 0.5) is 4.79 Å². The van der Waals surface area contributed by atoms with Crippen LogP contribution in [0.1, 0.15) is 36.0 Å². The Bertz CT molecular complexity index is 450. The average Bonchev–Trinajstić information content (AvgIpc) is 2.46. The molecule has 0 unspecified atom stereocenters. The van der Waals surface area contributed by atoms with Crippen LogP contribution in [-0.2, 0) is 0 Å². The highest BCUT2D eigenvalue weighted by molar-refractivity contribution is 5.97. The summed E-state index contributed by atoms with van der Waals surface area (Å²) in [4.78, 5) is 24.5. The maximum absolute atomic E-state index is 12.3. The lowest BCUT2D eigenvalue weighted by atomic mass is 9.81. The maximum Gasteiger partial charge on any atom is 0.407 e. The number of benzene rings is 1. The van der Waals surface area contributed by atoms with Gasteiger partial charge >= 0.3 is 6.09 Å². The summed E-state index contributed by atoms with van der Waals surface area (Å²) >= 11 is 0. The molecule has 0 saturated heterocycles. The minimum Gasteiger partial charge on any atom is -0.465 e. The molecule has 0 aromatic heterocycles. The molecule has 0 heterocycles. The predicted molar refractivity (Wildman–Crippen MR) is 72.3 cm³/mol. The molecule has 4 heteroatoms. The van der Waals surface area contributed by atoms with Crippen LogP contribution in [0.25, 0.3) is 0 Å². The van der Waals surface area contributed by atoms with E-state index >= 15 is 0 Å². The third kappa shape index (κ3) is 3.13. The summed E-state index contributed by atoms with van der Waals surface area (Å²) in [5, 5.41) is 8.95. The number of Topliss-reactive ketones (excluding diaryl/α,β-unsaturated/α-hetero) is 1. The lowest BCUT2D eigenvalue weighted by molar-refractivity contribution is 0.0836. The summed E-state index contributed by atoms with van der Waals surface area (Å²) in [7, 11) is 1.60. The molecule has 1 fully saturated rings. The van der Waals surface area contributed by atoms with Gasteiger partial charge in [-0.05, 0) is 25.7 Å². The van der Waals surface area contributed by atoms with Crippen LogP contribution in [0.15, 0.2) is 30.3 Å². The zero-order valence-corrected chi connectivity index (χ0v) is 11.1. The normalized spacial score (nSPS) is 22.8. The molecule has 1 N–H and O–H groups in total. The Morgan fingerprint density at radius 2 is 1.68 bits per heavy atom. The summed E-state index contributed by atoms with van der Waals surface area (Å²) in [6.07, 6.45) is 2.20. The molecule has 0 atom stereocenters. The predicted octanol–water partition coefficient (Wildman–Crippen LogP) is 3.04. The van der Waals surface area contributed by atoms with Gasteiger partial charge in [0.25, 0.3) is 0 Å². The number of carbonyl (C=O) groups excluding carboxylic acids is 1. The van der Waals surface area contributed by atoms with Crippen molar-refractivity contribution in [3.63, 3.8) is 0 Å². The molecule has 0 bridgehead atoms. The largest absolute Gasteiger partial charge is 0.465 e. The van der Waals surface area contributed by atoms with Crippen LogP contribution in [0, 0.1) is 5.92 Å². The fourth-order valence-corrected chi connectivity index (χ4v) is 2.72. The molecular weight excluding hydrogens is 242 g/mol. The fourth-order valence-electron chi connectivity index (χ4n) is 2.72. The van der Waals surface area contributed by atoms with Gasteiger partial charge in [-0.3, -0.25) is 4.79 Å². The zero-order valence-electron chi connectivity index (χ0n) is 11.1. The number of ketones is 1. The fraction of sp³-hybridized carbons (Fsp3) is 0.467. The van der Waals surface area contributed by atoms with Crippen LogP contribution in [0.5, 0.6) is 0 Å². The average molecular weight is 261 g/mol. The molecule has 1 aromatic rings. The third-order valence-corrected chi connectivity index (χ3v) is 3.98. The summed E-state index contributed by atoms with van der Waals surface area (Å²) in [5.41, 5.74) is 0.762. The Kier molecular flexibility index (Phi) is 4.20. The monoisotopic (exact) mass is 261 g/mol. The van der Waals surface area contributed by atoms with E-state index in [1.807, 2.05) is 30.3 Å². The molecule has 102 valence electrons. The summed E-state index contributed by atoms with van der Waals surface area (Å²) in [6, 6.07) is 9.39. The van der Waals surface area contributed by atoms with Gasteiger partial charge in [0.1, 0.15) is 0 Å². The first-order valence-electron chi connectivity index (χ1n) is 6.64. The number of carboxylic acid groups (broad SMARTS) is 1. The number of nitrogens with zero attached hydrogens (tertiary/aromatic N) is 1. The van der Waals surface area contributed by atoms with Crippen molar-refractivity contribution < 1.29 is 14.7 Å². The molecule has 1 aliphatic carbocycles. The van der Waals surface area contributed by atoms with Gasteiger partial charge in [-0.25, -0.2) is 4.79 Å². The van der Waals surface area contributed by atoms with Crippen molar-refractivity contribution in [2.75, 3.05) is 7.05 Å². The highest BCUT2D eigenvalue weighted by atomic mass is 16.4. The van der Waals surface area contributed by atoms with Crippen LogP contribution < -0.4 is 0 Å². The Morgan fingerprint density at radius 3 is 2.21 bits per heavy atom. The van der Waals surface area contributed by atoms with Crippen molar-refractivity contribution in [2.24, 2.45) is 5.92 Å². The number of hydrogen-bond acceptors (Lipinski definition) is 2. The van der Waals surface area contributed by atoms with E-state index in [4.69, 9.17) is 5.11 Å². The molecule has 4 nitrogen and oxygen atoms in total. The minimum absolute atomic E-state index is 0.0424. The molecule has 0 aliphatic heterocycles. The Labute approximate surface area is 113 Å². The van der Waals surface area contributed by atoms with Crippen molar-refractivity contribution in [1.82, 2.24) is 4.90 Å². The zero-order chi connectivity index (χ0) is 13.8. The third-order valence-electron chi connectivity index (χ3n) is 3.98. The van der Waals surface area contributed by atoms with Gasteiger partial charge in [0.05, 0.1) is 0 Å².